The van der Waals surface area contributed by atoms with Gasteiger partial charge >= 0.3 is 5.97 Å². The average Bonchev–Trinajstić information content (AvgIpc) is 3.58. The number of pyridine rings is 1. The number of ether oxygens (including phenoxy) is 2. The Hall–Kier alpha value is -4.54. The molecule has 3 heterocycles. The van der Waals surface area contributed by atoms with Crippen LogP contribution in [0.3, 0.4) is 0 Å². The number of aromatic nitrogens is 1. The Morgan fingerprint density at radius 3 is 2.59 bits per heavy atom. The van der Waals surface area contributed by atoms with E-state index in [-0.39, 0.29) is 24.6 Å². The molecule has 0 bridgehead atoms. The molecule has 1 saturated heterocycles. The van der Waals surface area contributed by atoms with Crippen molar-refractivity contribution in [1.29, 1.82) is 0 Å². The molecule has 198 valence electrons. The fourth-order valence-electron chi connectivity index (χ4n) is 4.54. The maximum Gasteiger partial charge on any atom is 0.337 e. The van der Waals surface area contributed by atoms with Crippen LogP contribution in [0.15, 0.2) is 89.5 Å². The predicted molar refractivity (Wildman–Crippen MR) is 150 cm³/mol. The van der Waals surface area contributed by atoms with Crippen LogP contribution in [-0.4, -0.2) is 42.8 Å². The summed E-state index contributed by atoms with van der Waals surface area (Å²) in [6.45, 7) is -0.0287. The van der Waals surface area contributed by atoms with Crippen LogP contribution in [0.25, 0.3) is 11.3 Å². The number of amides is 1. The number of nitrogens with zero attached hydrogens (tertiary/aromatic N) is 2. The summed E-state index contributed by atoms with van der Waals surface area (Å²) in [7, 11) is 2.82. The molecule has 5 rings (SSSR count). The lowest BCUT2D eigenvalue weighted by Crippen LogP contribution is -2.29. The molecule has 0 unspecified atom stereocenters. The Kier molecular flexibility index (Phi) is 7.67. The second-order valence-corrected chi connectivity index (χ2v) is 9.19. The number of esters is 1. The van der Waals surface area contributed by atoms with Crippen molar-refractivity contribution >= 4 is 40.6 Å². The number of benzene rings is 2. The minimum absolute atomic E-state index is 0.0287. The zero-order valence-electron chi connectivity index (χ0n) is 21.3. The summed E-state index contributed by atoms with van der Waals surface area (Å²) in [6, 6.07) is 23.3. The first kappa shape index (κ1) is 26.1. The van der Waals surface area contributed by atoms with E-state index in [0.29, 0.717) is 27.9 Å². The lowest BCUT2D eigenvalue weighted by molar-refractivity contribution is -0.119. The maximum absolute atomic E-state index is 12.0. The van der Waals surface area contributed by atoms with Gasteiger partial charge in [-0.1, -0.05) is 18.2 Å². The first-order valence-electron chi connectivity index (χ1n) is 12.2. The maximum atomic E-state index is 12.0. The Morgan fingerprint density at radius 1 is 1.05 bits per heavy atom. The number of rotatable bonds is 8. The molecule has 4 aromatic rings. The van der Waals surface area contributed by atoms with Crippen molar-refractivity contribution < 1.29 is 23.5 Å². The molecule has 1 amide bonds. The number of methoxy groups -OCH3 is 2. The smallest absolute Gasteiger partial charge is 0.337 e. The van der Waals surface area contributed by atoms with E-state index in [0.717, 1.165) is 16.9 Å². The van der Waals surface area contributed by atoms with Crippen LogP contribution in [0.5, 0.6) is 0 Å². The molecule has 2 N–H and O–H groups in total. The van der Waals surface area contributed by atoms with Gasteiger partial charge in [0.1, 0.15) is 24.2 Å². The van der Waals surface area contributed by atoms with Crippen LogP contribution in [0.4, 0.5) is 11.4 Å². The highest BCUT2D eigenvalue weighted by Gasteiger charge is 2.42. The second-order valence-electron chi connectivity index (χ2n) is 8.80. The van der Waals surface area contributed by atoms with Gasteiger partial charge in [0.2, 0.25) is 5.91 Å². The molecular weight excluding hydrogens is 516 g/mol. The quantitative estimate of drug-likeness (QED) is 0.238. The number of hydrogen-bond donors (Lipinski definition) is 2. The van der Waals surface area contributed by atoms with Gasteiger partial charge in [-0.15, -0.1) is 0 Å². The van der Waals surface area contributed by atoms with Crippen LogP contribution in [0.2, 0.25) is 0 Å². The molecule has 1 fully saturated rings. The van der Waals surface area contributed by atoms with Gasteiger partial charge in [0.15, 0.2) is 5.11 Å². The minimum atomic E-state index is -0.419. The monoisotopic (exact) mass is 542 g/mol. The Morgan fingerprint density at radius 2 is 1.87 bits per heavy atom. The molecule has 0 aliphatic carbocycles. The SMILES string of the molecule is COCC(=O)Nc1ccc(N2C(=S)N[C@@H](c3ccccn3)[C@@H]2c2ccc(-c3cccc(C(=O)OC)c3)o2)cc1. The van der Waals surface area contributed by atoms with Crippen molar-refractivity contribution in [2.24, 2.45) is 0 Å². The lowest BCUT2D eigenvalue weighted by atomic mass is 10.0. The normalized spacial score (nSPS) is 16.6. The van der Waals surface area contributed by atoms with E-state index in [1.54, 1.807) is 24.4 Å². The highest BCUT2D eigenvalue weighted by atomic mass is 32.1. The van der Waals surface area contributed by atoms with Crippen molar-refractivity contribution in [3.63, 3.8) is 0 Å². The zero-order valence-corrected chi connectivity index (χ0v) is 22.1. The first-order valence-corrected chi connectivity index (χ1v) is 12.6. The van der Waals surface area contributed by atoms with Gasteiger partial charge in [-0.05, 0) is 72.9 Å². The van der Waals surface area contributed by atoms with E-state index in [2.05, 4.69) is 15.6 Å². The van der Waals surface area contributed by atoms with Gasteiger partial charge in [0.05, 0.1) is 24.4 Å². The largest absolute Gasteiger partial charge is 0.465 e. The summed E-state index contributed by atoms with van der Waals surface area (Å²) < 4.78 is 16.1. The van der Waals surface area contributed by atoms with E-state index in [1.807, 2.05) is 65.6 Å². The molecular formula is C29H26N4O5S. The highest BCUT2D eigenvalue weighted by Crippen LogP contribution is 2.43. The molecule has 1 aliphatic rings. The predicted octanol–water partition coefficient (Wildman–Crippen LogP) is 4.89. The van der Waals surface area contributed by atoms with Crippen LogP contribution < -0.4 is 15.5 Å². The molecule has 0 saturated carbocycles. The number of thiocarbonyl (C=S) groups is 1. The highest BCUT2D eigenvalue weighted by molar-refractivity contribution is 7.80. The van der Waals surface area contributed by atoms with Crippen LogP contribution in [-0.2, 0) is 14.3 Å². The number of anilines is 2. The van der Waals surface area contributed by atoms with E-state index >= 15 is 0 Å². The van der Waals surface area contributed by atoms with E-state index in [4.69, 9.17) is 26.1 Å². The van der Waals surface area contributed by atoms with E-state index in [1.165, 1.54) is 14.2 Å². The molecule has 2 aromatic heterocycles. The second kappa shape index (κ2) is 11.5. The van der Waals surface area contributed by atoms with Crippen molar-refractivity contribution in [2.75, 3.05) is 31.0 Å². The molecule has 0 spiro atoms. The summed E-state index contributed by atoms with van der Waals surface area (Å²) in [6.07, 6.45) is 1.74. The Balaban J connectivity index is 1.50. The zero-order chi connectivity index (χ0) is 27.4. The van der Waals surface area contributed by atoms with Gasteiger partial charge in [-0.25, -0.2) is 4.79 Å². The standard InChI is InChI=1S/C29H26N4O5S/c1-36-17-25(34)31-20-9-11-21(12-10-20)33-27(26(32-29(33)39)22-8-3-4-15-30-22)24-14-13-23(38-24)18-6-5-7-19(16-18)28(35)37-2/h3-16,26-27H,17H2,1-2H3,(H,31,34)(H,32,39)/t26-,27-/m0/s1. The van der Waals surface area contributed by atoms with Gasteiger partial charge < -0.3 is 29.4 Å². The van der Waals surface area contributed by atoms with Crippen molar-refractivity contribution in [2.45, 2.75) is 12.1 Å². The Bertz CT molecular complexity index is 1490. The number of carbonyl (C=O) groups excluding carboxylic acids is 2. The topological polar surface area (TPSA) is 106 Å². The average molecular weight is 543 g/mol. The number of nitrogens with one attached hydrogen (secondary N) is 2. The fourth-order valence-corrected chi connectivity index (χ4v) is 4.89. The third-order valence-electron chi connectivity index (χ3n) is 6.29. The van der Waals surface area contributed by atoms with E-state index < -0.39 is 5.97 Å². The third kappa shape index (κ3) is 5.52. The van der Waals surface area contributed by atoms with Crippen molar-refractivity contribution in [3.8, 4) is 11.3 Å². The van der Waals surface area contributed by atoms with E-state index in [9.17, 15) is 9.59 Å². The number of carbonyl (C=O) groups is 2. The van der Waals surface area contributed by atoms with Gasteiger partial charge in [0.25, 0.3) is 0 Å². The molecule has 0 radical (unpaired) electrons. The number of hydrogen-bond acceptors (Lipinski definition) is 7. The van der Waals surface area contributed by atoms with Crippen LogP contribution in [0.1, 0.15) is 33.9 Å². The first-order chi connectivity index (χ1) is 19.0. The number of furan rings is 1. The minimum Gasteiger partial charge on any atom is -0.465 e. The molecule has 1 aliphatic heterocycles. The molecule has 39 heavy (non-hydrogen) atoms. The van der Waals surface area contributed by atoms with Crippen molar-refractivity contribution in [3.05, 3.63) is 102 Å². The molecule has 9 nitrogen and oxygen atoms in total. The summed E-state index contributed by atoms with van der Waals surface area (Å²) >= 11 is 5.78. The van der Waals surface area contributed by atoms with Crippen LogP contribution in [0, 0.1) is 0 Å². The fraction of sp³-hybridized carbons (Fsp3) is 0.172. The van der Waals surface area contributed by atoms with Crippen molar-refractivity contribution in [1.82, 2.24) is 10.3 Å². The van der Waals surface area contributed by atoms with Gasteiger partial charge in [0, 0.05) is 30.2 Å². The van der Waals surface area contributed by atoms with Gasteiger partial charge in [-0.3, -0.25) is 9.78 Å². The summed E-state index contributed by atoms with van der Waals surface area (Å²) in [5.74, 6) is 0.603. The summed E-state index contributed by atoms with van der Waals surface area (Å²) in [5.41, 5.74) is 3.44. The van der Waals surface area contributed by atoms with Gasteiger partial charge in [-0.2, -0.15) is 0 Å². The molecule has 2 aromatic carbocycles. The third-order valence-corrected chi connectivity index (χ3v) is 6.60. The summed E-state index contributed by atoms with van der Waals surface area (Å²) in [5, 5.41) is 6.71. The molecule has 10 heteroatoms. The molecule has 2 atom stereocenters. The van der Waals surface area contributed by atoms with Crippen LogP contribution >= 0.6 is 12.2 Å². The lowest BCUT2D eigenvalue weighted by Gasteiger charge is -2.26. The Labute approximate surface area is 230 Å². The summed E-state index contributed by atoms with van der Waals surface area (Å²) in [4.78, 5) is 30.5.